The molecule has 2 unspecified atom stereocenters. The van der Waals surface area contributed by atoms with Crippen LogP contribution in [0.3, 0.4) is 0 Å². The van der Waals surface area contributed by atoms with Gasteiger partial charge < -0.3 is 21.1 Å². The van der Waals surface area contributed by atoms with Gasteiger partial charge in [0.1, 0.15) is 5.75 Å². The molecule has 1 aromatic rings. The third-order valence-corrected chi connectivity index (χ3v) is 3.62. The molecule has 1 aliphatic carbocycles. The summed E-state index contributed by atoms with van der Waals surface area (Å²) in [6.45, 7) is 1.43. The number of hydrogen-bond donors (Lipinski definition) is 3. The third-order valence-electron chi connectivity index (χ3n) is 3.62. The van der Waals surface area contributed by atoms with Gasteiger partial charge in [-0.3, -0.25) is 9.59 Å². The Morgan fingerprint density at radius 2 is 2.00 bits per heavy atom. The number of amides is 2. The number of benzene rings is 1. The summed E-state index contributed by atoms with van der Waals surface area (Å²) in [7, 11) is 1.52. The van der Waals surface area contributed by atoms with E-state index in [2.05, 4.69) is 10.6 Å². The zero-order valence-electron chi connectivity index (χ0n) is 12.7. The SMILES string of the molecule is COc1cc(NC(=O)C2CCC(N)C2)ccc1NC(C)=O.Cl. The van der Waals surface area contributed by atoms with Gasteiger partial charge in [0.2, 0.25) is 11.8 Å². The average Bonchev–Trinajstić information content (AvgIpc) is 2.86. The van der Waals surface area contributed by atoms with Gasteiger partial charge in [-0.2, -0.15) is 0 Å². The Kier molecular flexibility index (Phi) is 6.64. The lowest BCUT2D eigenvalue weighted by Crippen LogP contribution is -2.23. The van der Waals surface area contributed by atoms with Crippen LogP contribution < -0.4 is 21.1 Å². The van der Waals surface area contributed by atoms with E-state index >= 15 is 0 Å². The fourth-order valence-corrected chi connectivity index (χ4v) is 2.56. The second-order valence-electron chi connectivity index (χ2n) is 5.36. The predicted octanol–water partition coefficient (Wildman–Crippen LogP) is 2.14. The van der Waals surface area contributed by atoms with Crippen molar-refractivity contribution in [3.05, 3.63) is 18.2 Å². The molecule has 1 aromatic carbocycles. The van der Waals surface area contributed by atoms with Gasteiger partial charge in [0.05, 0.1) is 12.8 Å². The summed E-state index contributed by atoms with van der Waals surface area (Å²) < 4.78 is 5.22. The Morgan fingerprint density at radius 3 is 2.55 bits per heavy atom. The topological polar surface area (TPSA) is 93.4 Å². The highest BCUT2D eigenvalue weighted by Crippen LogP contribution is 2.30. The molecule has 6 nitrogen and oxygen atoms in total. The van der Waals surface area contributed by atoms with Crippen molar-refractivity contribution < 1.29 is 14.3 Å². The molecule has 22 heavy (non-hydrogen) atoms. The van der Waals surface area contributed by atoms with E-state index in [0.717, 1.165) is 19.3 Å². The summed E-state index contributed by atoms with van der Waals surface area (Å²) in [5.74, 6) is 0.287. The van der Waals surface area contributed by atoms with Crippen LogP contribution in [0.15, 0.2) is 18.2 Å². The number of nitrogens with one attached hydrogen (secondary N) is 2. The Bertz CT molecular complexity index is 551. The second-order valence-corrected chi connectivity index (χ2v) is 5.36. The smallest absolute Gasteiger partial charge is 0.227 e. The Labute approximate surface area is 136 Å². The summed E-state index contributed by atoms with van der Waals surface area (Å²) in [5, 5.41) is 5.55. The van der Waals surface area contributed by atoms with Gasteiger partial charge in [-0.15, -0.1) is 12.4 Å². The fraction of sp³-hybridized carbons (Fsp3) is 0.467. The molecule has 7 heteroatoms. The molecular weight excluding hydrogens is 306 g/mol. The molecule has 0 saturated heterocycles. The molecule has 2 rings (SSSR count). The number of anilines is 2. The first-order valence-corrected chi connectivity index (χ1v) is 7.01. The minimum absolute atomic E-state index is 0. The third kappa shape index (κ3) is 4.61. The molecule has 0 radical (unpaired) electrons. The molecule has 1 aliphatic rings. The monoisotopic (exact) mass is 327 g/mol. The first-order valence-electron chi connectivity index (χ1n) is 7.01. The van der Waals surface area contributed by atoms with Crippen molar-refractivity contribution in [3.8, 4) is 5.75 Å². The van der Waals surface area contributed by atoms with Crippen LogP contribution in [0.4, 0.5) is 11.4 Å². The highest BCUT2D eigenvalue weighted by Gasteiger charge is 2.27. The van der Waals surface area contributed by atoms with Crippen molar-refractivity contribution in [2.75, 3.05) is 17.7 Å². The molecule has 1 saturated carbocycles. The van der Waals surface area contributed by atoms with Crippen molar-refractivity contribution >= 4 is 35.6 Å². The Balaban J connectivity index is 0.00000242. The van der Waals surface area contributed by atoms with Crippen LogP contribution in [0.1, 0.15) is 26.2 Å². The van der Waals surface area contributed by atoms with Crippen molar-refractivity contribution in [1.82, 2.24) is 0 Å². The highest BCUT2D eigenvalue weighted by atomic mass is 35.5. The summed E-state index contributed by atoms with van der Waals surface area (Å²) in [5.41, 5.74) is 7.05. The summed E-state index contributed by atoms with van der Waals surface area (Å²) in [4.78, 5) is 23.2. The van der Waals surface area contributed by atoms with E-state index in [9.17, 15) is 9.59 Å². The molecule has 122 valence electrons. The summed E-state index contributed by atoms with van der Waals surface area (Å²) in [6, 6.07) is 5.26. The zero-order valence-corrected chi connectivity index (χ0v) is 13.5. The standard InChI is InChI=1S/C15H21N3O3.ClH/c1-9(19)17-13-6-5-12(8-14(13)21-2)18-15(20)10-3-4-11(16)7-10;/h5-6,8,10-11H,3-4,7,16H2,1-2H3,(H,17,19)(H,18,20);1H. The molecule has 4 N–H and O–H groups in total. The van der Waals surface area contributed by atoms with Gasteiger partial charge in [0.15, 0.2) is 0 Å². The molecule has 1 fully saturated rings. The maximum Gasteiger partial charge on any atom is 0.227 e. The van der Waals surface area contributed by atoms with E-state index in [4.69, 9.17) is 10.5 Å². The average molecular weight is 328 g/mol. The summed E-state index contributed by atoms with van der Waals surface area (Å²) in [6.07, 6.45) is 2.45. The van der Waals surface area contributed by atoms with Crippen LogP contribution in [0.5, 0.6) is 5.75 Å². The first kappa shape index (κ1) is 18.3. The molecule has 0 heterocycles. The summed E-state index contributed by atoms with van der Waals surface area (Å²) >= 11 is 0. The number of methoxy groups -OCH3 is 1. The molecule has 2 amide bonds. The van der Waals surface area contributed by atoms with E-state index in [1.165, 1.54) is 14.0 Å². The normalized spacial score (nSPS) is 20.0. The second kappa shape index (κ2) is 8.00. The van der Waals surface area contributed by atoms with Crippen molar-refractivity contribution in [2.24, 2.45) is 11.7 Å². The highest BCUT2D eigenvalue weighted by molar-refractivity contribution is 5.94. The van der Waals surface area contributed by atoms with E-state index in [1.54, 1.807) is 18.2 Å². The van der Waals surface area contributed by atoms with Gasteiger partial charge in [0.25, 0.3) is 0 Å². The molecular formula is C15H22ClN3O3. The van der Waals surface area contributed by atoms with Crippen LogP contribution in [0.25, 0.3) is 0 Å². The Morgan fingerprint density at radius 1 is 1.27 bits per heavy atom. The lowest BCUT2D eigenvalue weighted by atomic mass is 10.1. The minimum atomic E-state index is -0.176. The van der Waals surface area contributed by atoms with Crippen LogP contribution in [-0.4, -0.2) is 25.0 Å². The van der Waals surface area contributed by atoms with E-state index in [0.29, 0.717) is 17.1 Å². The van der Waals surface area contributed by atoms with Crippen LogP contribution in [0.2, 0.25) is 0 Å². The quantitative estimate of drug-likeness (QED) is 0.789. The number of rotatable bonds is 4. The van der Waals surface area contributed by atoms with Crippen molar-refractivity contribution in [3.63, 3.8) is 0 Å². The zero-order chi connectivity index (χ0) is 15.4. The van der Waals surface area contributed by atoms with E-state index in [-0.39, 0.29) is 36.2 Å². The number of ether oxygens (including phenoxy) is 1. The molecule has 2 atom stereocenters. The number of carbonyl (C=O) groups is 2. The molecule has 0 aromatic heterocycles. The number of carbonyl (C=O) groups excluding carboxylic acids is 2. The van der Waals surface area contributed by atoms with Gasteiger partial charge in [-0.05, 0) is 31.4 Å². The van der Waals surface area contributed by atoms with Gasteiger partial charge in [-0.1, -0.05) is 0 Å². The molecule has 0 bridgehead atoms. The lowest BCUT2D eigenvalue weighted by molar-refractivity contribution is -0.119. The van der Waals surface area contributed by atoms with Gasteiger partial charge in [-0.25, -0.2) is 0 Å². The lowest BCUT2D eigenvalue weighted by Gasteiger charge is -2.14. The molecule has 0 aliphatic heterocycles. The van der Waals surface area contributed by atoms with E-state index < -0.39 is 0 Å². The van der Waals surface area contributed by atoms with E-state index in [1.807, 2.05) is 0 Å². The van der Waals surface area contributed by atoms with Gasteiger partial charge >= 0.3 is 0 Å². The van der Waals surface area contributed by atoms with Crippen LogP contribution in [-0.2, 0) is 9.59 Å². The number of halogens is 1. The fourth-order valence-electron chi connectivity index (χ4n) is 2.56. The minimum Gasteiger partial charge on any atom is -0.494 e. The van der Waals surface area contributed by atoms with Crippen molar-refractivity contribution in [2.45, 2.75) is 32.2 Å². The van der Waals surface area contributed by atoms with Gasteiger partial charge in [0, 0.05) is 30.6 Å². The van der Waals surface area contributed by atoms with Crippen LogP contribution in [0, 0.1) is 5.92 Å². The van der Waals surface area contributed by atoms with Crippen molar-refractivity contribution in [1.29, 1.82) is 0 Å². The maximum absolute atomic E-state index is 12.1. The number of nitrogens with two attached hydrogens (primary N) is 1. The maximum atomic E-state index is 12.1. The molecule has 0 spiro atoms. The van der Waals surface area contributed by atoms with Crippen LogP contribution >= 0.6 is 12.4 Å². The predicted molar refractivity (Wildman–Crippen MR) is 88.5 cm³/mol. The Hall–Kier alpha value is -1.79. The largest absolute Gasteiger partial charge is 0.494 e. The first-order chi connectivity index (χ1) is 9.99. The number of hydrogen-bond acceptors (Lipinski definition) is 4.